The van der Waals surface area contributed by atoms with Crippen LogP contribution in [0.1, 0.15) is 24.8 Å². The van der Waals surface area contributed by atoms with E-state index in [1.165, 1.54) is 0 Å². The summed E-state index contributed by atoms with van der Waals surface area (Å²) in [5.74, 6) is 0.502. The minimum atomic E-state index is -0.231. The molecule has 6 nitrogen and oxygen atoms in total. The average Bonchev–Trinajstić information content (AvgIpc) is 3.24. The van der Waals surface area contributed by atoms with Crippen LogP contribution < -0.4 is 10.1 Å². The molecule has 2 aromatic rings. The molecule has 2 aliphatic heterocycles. The van der Waals surface area contributed by atoms with E-state index in [0.717, 1.165) is 38.0 Å². The molecule has 0 aliphatic carbocycles. The molecule has 1 amide bonds. The highest BCUT2D eigenvalue weighted by Crippen LogP contribution is 2.38. The predicted molar refractivity (Wildman–Crippen MR) is 121 cm³/mol. The number of anilines is 1. The van der Waals surface area contributed by atoms with Gasteiger partial charge in [0.05, 0.1) is 37.0 Å². The van der Waals surface area contributed by atoms with E-state index in [0.29, 0.717) is 36.2 Å². The van der Waals surface area contributed by atoms with Crippen LogP contribution in [0, 0.1) is 0 Å². The van der Waals surface area contributed by atoms with Gasteiger partial charge in [0.1, 0.15) is 5.75 Å². The van der Waals surface area contributed by atoms with Gasteiger partial charge in [0, 0.05) is 25.4 Å². The number of carbonyl (C=O) groups excluding carboxylic acids is 1. The Morgan fingerprint density at radius 3 is 2.81 bits per heavy atom. The largest absolute Gasteiger partial charge is 0.495 e. The van der Waals surface area contributed by atoms with Crippen LogP contribution in [0.4, 0.5) is 5.69 Å². The molecule has 0 saturated carbocycles. The SMILES string of the molecule is COc1ccc(NC(=O)CN2CC[C@@]3(CCCO3)[C@H](OCc3ccccc3)C2)cc1Cl. The zero-order valence-corrected chi connectivity index (χ0v) is 18.6. The van der Waals surface area contributed by atoms with Crippen molar-refractivity contribution in [2.75, 3.05) is 38.7 Å². The maximum absolute atomic E-state index is 12.6. The number of hydrogen-bond donors (Lipinski definition) is 1. The normalized spacial score (nSPS) is 23.7. The number of carbonyl (C=O) groups is 1. The van der Waals surface area contributed by atoms with Gasteiger partial charge in [-0.2, -0.15) is 0 Å². The molecule has 0 radical (unpaired) electrons. The molecule has 31 heavy (non-hydrogen) atoms. The van der Waals surface area contributed by atoms with Gasteiger partial charge < -0.3 is 19.5 Å². The Labute approximate surface area is 188 Å². The molecule has 2 aliphatic rings. The topological polar surface area (TPSA) is 60.0 Å². The highest BCUT2D eigenvalue weighted by atomic mass is 35.5. The molecule has 2 fully saturated rings. The van der Waals surface area contributed by atoms with Crippen LogP contribution in [0.5, 0.6) is 5.75 Å². The van der Waals surface area contributed by atoms with Crippen LogP contribution in [0.3, 0.4) is 0 Å². The quantitative estimate of drug-likeness (QED) is 0.695. The van der Waals surface area contributed by atoms with Gasteiger partial charge in [0.25, 0.3) is 0 Å². The Balaban J connectivity index is 1.36. The van der Waals surface area contributed by atoms with Crippen molar-refractivity contribution in [1.29, 1.82) is 0 Å². The number of likely N-dealkylation sites (tertiary alicyclic amines) is 1. The van der Waals surface area contributed by atoms with Crippen LogP contribution in [0.25, 0.3) is 0 Å². The Morgan fingerprint density at radius 1 is 1.26 bits per heavy atom. The highest BCUT2D eigenvalue weighted by Gasteiger charge is 2.47. The number of halogens is 1. The summed E-state index contributed by atoms with van der Waals surface area (Å²) in [6.07, 6.45) is 2.88. The molecule has 1 N–H and O–H groups in total. The summed E-state index contributed by atoms with van der Waals surface area (Å²) in [5, 5.41) is 3.39. The number of hydrogen-bond acceptors (Lipinski definition) is 5. The van der Waals surface area contributed by atoms with Gasteiger partial charge in [-0.1, -0.05) is 41.9 Å². The fraction of sp³-hybridized carbons (Fsp3) is 0.458. The van der Waals surface area contributed by atoms with Crippen molar-refractivity contribution < 1.29 is 19.0 Å². The molecule has 1 spiro atoms. The van der Waals surface area contributed by atoms with E-state index in [2.05, 4.69) is 22.3 Å². The van der Waals surface area contributed by atoms with Gasteiger partial charge in [0.15, 0.2) is 0 Å². The van der Waals surface area contributed by atoms with Gasteiger partial charge in [-0.3, -0.25) is 9.69 Å². The van der Waals surface area contributed by atoms with E-state index in [4.69, 9.17) is 25.8 Å². The molecule has 7 heteroatoms. The van der Waals surface area contributed by atoms with E-state index in [-0.39, 0.29) is 17.6 Å². The maximum Gasteiger partial charge on any atom is 0.238 e. The molecule has 2 heterocycles. The molecule has 166 valence electrons. The van der Waals surface area contributed by atoms with E-state index < -0.39 is 0 Å². The van der Waals surface area contributed by atoms with E-state index >= 15 is 0 Å². The second-order valence-corrected chi connectivity index (χ2v) is 8.59. The summed E-state index contributed by atoms with van der Waals surface area (Å²) in [6.45, 7) is 3.10. The highest BCUT2D eigenvalue weighted by molar-refractivity contribution is 6.32. The van der Waals surface area contributed by atoms with Crippen molar-refractivity contribution in [1.82, 2.24) is 4.90 Å². The number of nitrogens with zero attached hydrogens (tertiary/aromatic N) is 1. The van der Waals surface area contributed by atoms with Crippen molar-refractivity contribution in [3.05, 3.63) is 59.1 Å². The van der Waals surface area contributed by atoms with Crippen LogP contribution in [0.15, 0.2) is 48.5 Å². The fourth-order valence-corrected chi connectivity index (χ4v) is 4.70. The first-order valence-electron chi connectivity index (χ1n) is 10.7. The Bertz CT molecular complexity index is 886. The molecule has 0 aromatic heterocycles. The Morgan fingerprint density at radius 2 is 2.10 bits per heavy atom. The molecule has 2 atom stereocenters. The third-order valence-electron chi connectivity index (χ3n) is 6.09. The second kappa shape index (κ2) is 10.0. The molecular formula is C24H29ClN2O4. The van der Waals surface area contributed by atoms with Crippen molar-refractivity contribution in [3.8, 4) is 5.75 Å². The van der Waals surface area contributed by atoms with Gasteiger partial charge in [-0.15, -0.1) is 0 Å². The number of benzene rings is 2. The lowest BCUT2D eigenvalue weighted by molar-refractivity contribution is -0.159. The standard InChI is InChI=1S/C24H29ClN2O4/c1-29-21-9-8-19(14-20(21)25)26-23(28)16-27-12-11-24(10-5-13-31-24)22(15-27)30-17-18-6-3-2-4-7-18/h2-4,6-9,14,22H,5,10-13,15-17H2,1H3,(H,26,28)/t22-,24+/m1/s1. The summed E-state index contributed by atoms with van der Waals surface area (Å²) < 4.78 is 17.7. The number of ether oxygens (including phenoxy) is 3. The number of methoxy groups -OCH3 is 1. The zero-order chi connectivity index (χ0) is 21.7. The Kier molecular flexibility index (Phi) is 7.13. The van der Waals surface area contributed by atoms with Crippen molar-refractivity contribution in [2.45, 2.75) is 37.6 Å². The van der Waals surface area contributed by atoms with Gasteiger partial charge >= 0.3 is 0 Å². The Hall–Kier alpha value is -2.12. The molecule has 0 unspecified atom stereocenters. The minimum absolute atomic E-state index is 0.0628. The first-order valence-corrected chi connectivity index (χ1v) is 11.1. The lowest BCUT2D eigenvalue weighted by Gasteiger charge is -2.44. The third-order valence-corrected chi connectivity index (χ3v) is 6.39. The summed E-state index contributed by atoms with van der Waals surface area (Å²) in [6, 6.07) is 15.4. The molecule has 2 saturated heterocycles. The number of nitrogens with one attached hydrogen (secondary N) is 1. The molecular weight excluding hydrogens is 416 g/mol. The second-order valence-electron chi connectivity index (χ2n) is 8.18. The van der Waals surface area contributed by atoms with Crippen LogP contribution >= 0.6 is 11.6 Å². The summed E-state index contributed by atoms with van der Waals surface area (Å²) in [4.78, 5) is 14.8. The van der Waals surface area contributed by atoms with Crippen LogP contribution in [0.2, 0.25) is 5.02 Å². The summed E-state index contributed by atoms with van der Waals surface area (Å²) in [5.41, 5.74) is 1.56. The maximum atomic E-state index is 12.6. The number of piperidine rings is 1. The van der Waals surface area contributed by atoms with Crippen molar-refractivity contribution in [3.63, 3.8) is 0 Å². The zero-order valence-electron chi connectivity index (χ0n) is 17.8. The summed E-state index contributed by atoms with van der Waals surface area (Å²) >= 11 is 6.16. The minimum Gasteiger partial charge on any atom is -0.495 e. The van der Waals surface area contributed by atoms with E-state index in [9.17, 15) is 4.79 Å². The average molecular weight is 445 g/mol. The van der Waals surface area contributed by atoms with Crippen LogP contribution in [-0.2, 0) is 20.9 Å². The summed E-state index contributed by atoms with van der Waals surface area (Å²) in [7, 11) is 1.56. The van der Waals surface area contributed by atoms with Crippen LogP contribution in [-0.4, -0.2) is 55.9 Å². The van der Waals surface area contributed by atoms with Crippen molar-refractivity contribution >= 4 is 23.2 Å². The predicted octanol–water partition coefficient (Wildman–Crippen LogP) is 4.13. The molecule has 2 aromatic carbocycles. The molecule has 4 rings (SSSR count). The van der Waals surface area contributed by atoms with Gasteiger partial charge in [-0.25, -0.2) is 0 Å². The van der Waals surface area contributed by atoms with E-state index in [1.807, 2.05) is 18.2 Å². The van der Waals surface area contributed by atoms with E-state index in [1.54, 1.807) is 25.3 Å². The lowest BCUT2D eigenvalue weighted by atomic mass is 9.85. The van der Waals surface area contributed by atoms with Gasteiger partial charge in [-0.05, 0) is 43.0 Å². The lowest BCUT2D eigenvalue weighted by Crippen LogP contribution is -2.57. The smallest absolute Gasteiger partial charge is 0.238 e. The van der Waals surface area contributed by atoms with Crippen molar-refractivity contribution in [2.24, 2.45) is 0 Å². The first-order chi connectivity index (χ1) is 15.1. The number of rotatable bonds is 7. The van der Waals surface area contributed by atoms with Gasteiger partial charge in [0.2, 0.25) is 5.91 Å². The molecule has 0 bridgehead atoms. The number of amides is 1. The third kappa shape index (κ3) is 5.39. The fourth-order valence-electron chi connectivity index (χ4n) is 4.44. The first kappa shape index (κ1) is 22.1. The monoisotopic (exact) mass is 444 g/mol.